The van der Waals surface area contributed by atoms with Crippen molar-refractivity contribution in [1.29, 1.82) is 0 Å². The van der Waals surface area contributed by atoms with Crippen LogP contribution in [0.2, 0.25) is 0 Å². The Morgan fingerprint density at radius 2 is 1.85 bits per heavy atom. The zero-order chi connectivity index (χ0) is 19.1. The van der Waals surface area contributed by atoms with Crippen molar-refractivity contribution in [2.45, 2.75) is 31.8 Å². The largest absolute Gasteiger partial charge is 0.348 e. The third kappa shape index (κ3) is 4.99. The summed E-state index contributed by atoms with van der Waals surface area (Å²) < 4.78 is 1.86. The summed E-state index contributed by atoms with van der Waals surface area (Å²) in [6, 6.07) is 8.12. The number of aromatic nitrogens is 1. The number of carbonyl (C=O) groups excluding carboxylic acids is 1. The maximum absolute atomic E-state index is 12.6. The van der Waals surface area contributed by atoms with Crippen molar-refractivity contribution in [1.82, 2.24) is 15.2 Å². The molecule has 1 aromatic heterocycles. The number of hydrogen-bond donors (Lipinski definition) is 2. The zero-order valence-corrected chi connectivity index (χ0v) is 16.7. The first-order valence-electron chi connectivity index (χ1n) is 8.81. The molecule has 0 unspecified atom stereocenters. The van der Waals surface area contributed by atoms with Gasteiger partial charge in [-0.05, 0) is 31.5 Å². The smallest absolute Gasteiger partial charge is 0.257 e. The van der Waals surface area contributed by atoms with Crippen LogP contribution < -0.4 is 16.1 Å². The lowest BCUT2D eigenvalue weighted by molar-refractivity contribution is 0.0948. The second-order valence-electron chi connectivity index (χ2n) is 6.22. The lowest BCUT2D eigenvalue weighted by Crippen LogP contribution is -2.30. The van der Waals surface area contributed by atoms with E-state index in [0.29, 0.717) is 12.1 Å². The average Bonchev–Trinajstić information content (AvgIpc) is 2.65. The Balaban J connectivity index is 2.11. The fourth-order valence-electron chi connectivity index (χ4n) is 2.67. The number of carbonyl (C=O) groups is 1. The summed E-state index contributed by atoms with van der Waals surface area (Å²) in [4.78, 5) is 25.1. The molecule has 0 spiro atoms. The molecule has 140 valence electrons. The van der Waals surface area contributed by atoms with Crippen LogP contribution in [0.5, 0.6) is 0 Å². The molecule has 5 nitrogen and oxygen atoms in total. The monoisotopic (exact) mass is 373 g/mol. The summed E-state index contributed by atoms with van der Waals surface area (Å²) in [5, 5.41) is 6.84. The number of thioether (sulfide) groups is 1. The summed E-state index contributed by atoms with van der Waals surface area (Å²) in [5.41, 5.74) is 2.88. The molecule has 0 radical (unpaired) electrons. The highest BCUT2D eigenvalue weighted by Crippen LogP contribution is 2.19. The molecule has 6 heteroatoms. The predicted molar refractivity (Wildman–Crippen MR) is 108 cm³/mol. The van der Waals surface area contributed by atoms with E-state index in [1.54, 1.807) is 24.9 Å². The maximum Gasteiger partial charge on any atom is 0.257 e. The highest BCUT2D eigenvalue weighted by molar-refractivity contribution is 7.99. The van der Waals surface area contributed by atoms with Crippen molar-refractivity contribution in [3.05, 3.63) is 62.9 Å². The molecule has 1 aromatic carbocycles. The summed E-state index contributed by atoms with van der Waals surface area (Å²) in [5.74, 6) is 0.532. The minimum Gasteiger partial charge on any atom is -0.348 e. The van der Waals surface area contributed by atoms with E-state index in [1.165, 1.54) is 5.56 Å². The van der Waals surface area contributed by atoms with Crippen molar-refractivity contribution in [2.75, 3.05) is 19.3 Å². The number of aryl methyl sites for hydroxylation is 2. The maximum atomic E-state index is 12.6. The first kappa shape index (κ1) is 20.3. The van der Waals surface area contributed by atoms with Gasteiger partial charge in [0.25, 0.3) is 5.91 Å². The van der Waals surface area contributed by atoms with Gasteiger partial charge in [-0.15, -0.1) is 11.8 Å². The first-order valence-corrected chi connectivity index (χ1v) is 9.80. The van der Waals surface area contributed by atoms with Crippen LogP contribution in [0.25, 0.3) is 0 Å². The Morgan fingerprint density at radius 3 is 2.46 bits per heavy atom. The van der Waals surface area contributed by atoms with Gasteiger partial charge in [0.05, 0.1) is 5.03 Å². The molecule has 1 heterocycles. The van der Waals surface area contributed by atoms with Crippen LogP contribution in [-0.2, 0) is 20.0 Å². The number of pyridine rings is 1. The molecule has 0 fully saturated rings. The van der Waals surface area contributed by atoms with E-state index >= 15 is 0 Å². The number of amides is 1. The van der Waals surface area contributed by atoms with Crippen molar-refractivity contribution < 1.29 is 4.79 Å². The average molecular weight is 374 g/mol. The van der Waals surface area contributed by atoms with E-state index < -0.39 is 0 Å². The van der Waals surface area contributed by atoms with Gasteiger partial charge in [0, 0.05) is 37.7 Å². The third-order valence-electron chi connectivity index (χ3n) is 4.27. The molecule has 0 bridgehead atoms. The fraction of sp³-hybridized carbons (Fsp3) is 0.400. The van der Waals surface area contributed by atoms with E-state index in [1.807, 2.05) is 30.8 Å². The molecule has 0 saturated carbocycles. The molecule has 1 amide bonds. The van der Waals surface area contributed by atoms with Crippen molar-refractivity contribution in [3.63, 3.8) is 0 Å². The molecule has 2 N–H and O–H groups in total. The molecule has 0 aliphatic rings. The number of benzene rings is 1. The standard InChI is InChI=1S/C20H27N3O2S/c1-5-15-6-8-16(9-7-15)12-22-19(25)17-13-23(4)20(14(2)18(17)24)26-11-10-21-3/h6-9,13,21H,5,10-12H2,1-4H3,(H,22,25). The molecule has 2 aromatic rings. The Kier molecular flexibility index (Phi) is 7.48. The third-order valence-corrected chi connectivity index (χ3v) is 5.54. The molecular weight excluding hydrogens is 346 g/mol. The molecule has 26 heavy (non-hydrogen) atoms. The second kappa shape index (κ2) is 9.59. The van der Waals surface area contributed by atoms with Gasteiger partial charge in [-0.25, -0.2) is 0 Å². The Hall–Kier alpha value is -2.05. The van der Waals surface area contributed by atoms with E-state index in [0.717, 1.165) is 29.3 Å². The summed E-state index contributed by atoms with van der Waals surface area (Å²) >= 11 is 1.62. The highest BCUT2D eigenvalue weighted by atomic mass is 32.2. The Labute approximate surface area is 159 Å². The molecule has 0 aliphatic carbocycles. The van der Waals surface area contributed by atoms with Gasteiger partial charge in [-0.2, -0.15) is 0 Å². The predicted octanol–water partition coefficient (Wildman–Crippen LogP) is 2.50. The molecular formula is C20H27N3O2S. The lowest BCUT2D eigenvalue weighted by Gasteiger charge is -2.14. The van der Waals surface area contributed by atoms with Gasteiger partial charge in [-0.1, -0.05) is 31.2 Å². The molecule has 0 saturated heterocycles. The number of rotatable bonds is 8. The summed E-state index contributed by atoms with van der Waals surface area (Å²) in [6.45, 7) is 5.15. The summed E-state index contributed by atoms with van der Waals surface area (Å²) in [6.07, 6.45) is 2.62. The van der Waals surface area contributed by atoms with E-state index in [-0.39, 0.29) is 16.9 Å². The normalized spacial score (nSPS) is 10.8. The SMILES string of the molecule is CCc1ccc(CNC(=O)c2cn(C)c(SCCNC)c(C)c2=O)cc1. The minimum absolute atomic E-state index is 0.188. The van der Waals surface area contributed by atoms with E-state index in [9.17, 15) is 9.59 Å². The molecule has 0 atom stereocenters. The highest BCUT2D eigenvalue weighted by Gasteiger charge is 2.16. The van der Waals surface area contributed by atoms with Crippen LogP contribution in [-0.4, -0.2) is 29.8 Å². The topological polar surface area (TPSA) is 63.1 Å². The molecule has 0 aliphatic heterocycles. The quantitative estimate of drug-likeness (QED) is 0.551. The number of nitrogens with zero attached hydrogens (tertiary/aromatic N) is 1. The Bertz CT molecular complexity index is 813. The van der Waals surface area contributed by atoms with Crippen LogP contribution in [0, 0.1) is 6.92 Å². The van der Waals surface area contributed by atoms with Crippen molar-refractivity contribution >= 4 is 17.7 Å². The fourth-order valence-corrected chi connectivity index (χ4v) is 3.73. The van der Waals surface area contributed by atoms with Gasteiger partial charge in [0.1, 0.15) is 5.56 Å². The van der Waals surface area contributed by atoms with Crippen LogP contribution in [0.1, 0.15) is 34.0 Å². The van der Waals surface area contributed by atoms with Gasteiger partial charge in [0.15, 0.2) is 5.43 Å². The number of nitrogens with one attached hydrogen (secondary N) is 2. The van der Waals surface area contributed by atoms with E-state index in [2.05, 4.69) is 29.7 Å². The van der Waals surface area contributed by atoms with E-state index in [4.69, 9.17) is 0 Å². The second-order valence-corrected chi connectivity index (χ2v) is 7.30. The Morgan fingerprint density at radius 1 is 1.19 bits per heavy atom. The van der Waals surface area contributed by atoms with Crippen LogP contribution in [0.15, 0.2) is 40.3 Å². The van der Waals surface area contributed by atoms with Crippen LogP contribution >= 0.6 is 11.8 Å². The summed E-state index contributed by atoms with van der Waals surface area (Å²) in [7, 11) is 3.77. The number of hydrogen-bond acceptors (Lipinski definition) is 4. The van der Waals surface area contributed by atoms with Crippen LogP contribution in [0.3, 0.4) is 0 Å². The van der Waals surface area contributed by atoms with Gasteiger partial charge >= 0.3 is 0 Å². The van der Waals surface area contributed by atoms with Gasteiger partial charge in [-0.3, -0.25) is 9.59 Å². The van der Waals surface area contributed by atoms with Crippen molar-refractivity contribution in [2.24, 2.45) is 7.05 Å². The minimum atomic E-state index is -0.333. The lowest BCUT2D eigenvalue weighted by atomic mass is 10.1. The zero-order valence-electron chi connectivity index (χ0n) is 15.9. The molecule has 2 rings (SSSR count). The van der Waals surface area contributed by atoms with Gasteiger partial charge in [0.2, 0.25) is 0 Å². The van der Waals surface area contributed by atoms with Crippen LogP contribution in [0.4, 0.5) is 0 Å². The first-order chi connectivity index (χ1) is 12.5. The van der Waals surface area contributed by atoms with Crippen molar-refractivity contribution in [3.8, 4) is 0 Å². The van der Waals surface area contributed by atoms with Gasteiger partial charge < -0.3 is 15.2 Å².